The fraction of sp³-hybridized carbons (Fsp3) is 0.947. The third-order valence-corrected chi connectivity index (χ3v) is 4.45. The van der Waals surface area contributed by atoms with Gasteiger partial charge in [0, 0.05) is 45.9 Å². The average molecular weight is 482 g/mol. The molecule has 1 heterocycles. The molecular formula is C19H39IN4O2. The molecule has 154 valence electrons. The molecule has 1 atom stereocenters. The number of guanidine groups is 1. The van der Waals surface area contributed by atoms with Crippen molar-refractivity contribution in [1.29, 1.82) is 0 Å². The molecule has 26 heavy (non-hydrogen) atoms. The molecule has 1 saturated carbocycles. The zero-order valence-corrected chi connectivity index (χ0v) is 19.2. The van der Waals surface area contributed by atoms with E-state index in [1.165, 1.54) is 12.8 Å². The molecule has 1 saturated heterocycles. The van der Waals surface area contributed by atoms with Crippen molar-refractivity contribution >= 4 is 29.9 Å². The summed E-state index contributed by atoms with van der Waals surface area (Å²) in [7, 11) is 0. The second kappa shape index (κ2) is 14.0. The molecule has 0 bridgehead atoms. The lowest BCUT2D eigenvalue weighted by atomic mass is 10.2. The normalized spacial score (nSPS) is 21.5. The van der Waals surface area contributed by atoms with E-state index in [4.69, 9.17) is 14.5 Å². The van der Waals surface area contributed by atoms with Crippen LogP contribution in [0.5, 0.6) is 0 Å². The third kappa shape index (κ3) is 10.9. The highest BCUT2D eigenvalue weighted by atomic mass is 127. The first-order valence-electron chi connectivity index (χ1n) is 10.1. The molecule has 1 unspecified atom stereocenters. The van der Waals surface area contributed by atoms with Gasteiger partial charge in [0.2, 0.25) is 0 Å². The Balaban J connectivity index is 0.00000338. The van der Waals surface area contributed by atoms with Gasteiger partial charge in [-0.15, -0.1) is 24.0 Å². The summed E-state index contributed by atoms with van der Waals surface area (Å²) in [6.45, 7) is 14.9. The Kier molecular flexibility index (Phi) is 12.8. The molecule has 0 aromatic rings. The molecule has 0 radical (unpaired) electrons. The Labute approximate surface area is 176 Å². The zero-order chi connectivity index (χ0) is 17.9. The average Bonchev–Trinajstić information content (AvgIpc) is 3.39. The van der Waals surface area contributed by atoms with Crippen molar-refractivity contribution in [2.45, 2.75) is 46.1 Å². The van der Waals surface area contributed by atoms with Gasteiger partial charge in [0.25, 0.3) is 0 Å². The van der Waals surface area contributed by atoms with Crippen molar-refractivity contribution in [2.75, 3.05) is 59.1 Å². The number of aliphatic imine (C=N–C) groups is 1. The van der Waals surface area contributed by atoms with E-state index in [9.17, 15) is 0 Å². The van der Waals surface area contributed by atoms with Crippen LogP contribution in [0, 0.1) is 11.8 Å². The third-order valence-electron chi connectivity index (χ3n) is 4.45. The van der Waals surface area contributed by atoms with Crippen molar-refractivity contribution in [1.82, 2.24) is 15.5 Å². The van der Waals surface area contributed by atoms with Crippen molar-refractivity contribution in [2.24, 2.45) is 16.8 Å². The van der Waals surface area contributed by atoms with Crippen molar-refractivity contribution in [3.8, 4) is 0 Å². The predicted octanol–water partition coefficient (Wildman–Crippen LogP) is 2.33. The smallest absolute Gasteiger partial charge is 0.191 e. The summed E-state index contributed by atoms with van der Waals surface area (Å²) in [5.74, 6) is 2.43. The van der Waals surface area contributed by atoms with Crippen LogP contribution >= 0.6 is 24.0 Å². The first-order chi connectivity index (χ1) is 12.2. The molecule has 2 fully saturated rings. The summed E-state index contributed by atoms with van der Waals surface area (Å²) in [5.41, 5.74) is 0. The highest BCUT2D eigenvalue weighted by molar-refractivity contribution is 14.0. The van der Waals surface area contributed by atoms with Crippen LogP contribution in [0.4, 0.5) is 0 Å². The molecule has 7 heteroatoms. The van der Waals surface area contributed by atoms with Crippen LogP contribution in [0.1, 0.15) is 40.0 Å². The lowest BCUT2D eigenvalue weighted by Crippen LogP contribution is -2.46. The molecule has 2 N–H and O–H groups in total. The van der Waals surface area contributed by atoms with Crippen molar-refractivity contribution in [3.05, 3.63) is 0 Å². The Bertz CT molecular complexity index is 392. The number of morpholine rings is 1. The predicted molar refractivity (Wildman–Crippen MR) is 119 cm³/mol. The van der Waals surface area contributed by atoms with Crippen LogP contribution in [-0.4, -0.2) is 76.1 Å². The van der Waals surface area contributed by atoms with E-state index in [0.717, 1.165) is 70.8 Å². The van der Waals surface area contributed by atoms with E-state index in [1.54, 1.807) is 0 Å². The zero-order valence-electron chi connectivity index (χ0n) is 16.8. The number of rotatable bonds is 11. The fourth-order valence-corrected chi connectivity index (χ4v) is 3.02. The molecule has 2 aliphatic rings. The number of nitrogens with one attached hydrogen (secondary N) is 2. The van der Waals surface area contributed by atoms with E-state index in [2.05, 4.69) is 36.3 Å². The lowest BCUT2D eigenvalue weighted by Gasteiger charge is -2.33. The van der Waals surface area contributed by atoms with E-state index in [1.807, 2.05) is 0 Å². The summed E-state index contributed by atoms with van der Waals surface area (Å²) < 4.78 is 11.6. The van der Waals surface area contributed by atoms with Gasteiger partial charge < -0.3 is 20.1 Å². The molecule has 1 aliphatic carbocycles. The molecular weight excluding hydrogens is 443 g/mol. The number of hydrogen-bond donors (Lipinski definition) is 2. The lowest BCUT2D eigenvalue weighted by molar-refractivity contribution is -0.0261. The molecule has 0 amide bonds. The van der Waals surface area contributed by atoms with Crippen LogP contribution in [0.15, 0.2) is 4.99 Å². The molecule has 0 aromatic carbocycles. The summed E-state index contributed by atoms with van der Waals surface area (Å²) in [5, 5.41) is 6.71. The summed E-state index contributed by atoms with van der Waals surface area (Å²) >= 11 is 0. The maximum atomic E-state index is 5.88. The minimum atomic E-state index is 0. The minimum absolute atomic E-state index is 0. The minimum Gasteiger partial charge on any atom is -0.381 e. The quantitative estimate of drug-likeness (QED) is 0.205. The van der Waals surface area contributed by atoms with E-state index in [-0.39, 0.29) is 30.1 Å². The molecule has 1 aliphatic heterocycles. The van der Waals surface area contributed by atoms with Crippen LogP contribution in [0.3, 0.4) is 0 Å². The number of hydrogen-bond acceptors (Lipinski definition) is 4. The Morgan fingerprint density at radius 3 is 2.81 bits per heavy atom. The second-order valence-corrected chi connectivity index (χ2v) is 7.66. The molecule has 6 nitrogen and oxygen atoms in total. The number of halogens is 1. The van der Waals surface area contributed by atoms with Gasteiger partial charge in [0.05, 0.1) is 19.3 Å². The van der Waals surface area contributed by atoms with Crippen LogP contribution in [0.25, 0.3) is 0 Å². The first-order valence-corrected chi connectivity index (χ1v) is 10.1. The highest BCUT2D eigenvalue weighted by Crippen LogP contribution is 2.28. The summed E-state index contributed by atoms with van der Waals surface area (Å²) in [6.07, 6.45) is 3.92. The van der Waals surface area contributed by atoms with Crippen LogP contribution < -0.4 is 10.6 Å². The number of ether oxygens (including phenoxy) is 2. The topological polar surface area (TPSA) is 58.1 Å². The molecule has 2 rings (SSSR count). The van der Waals surface area contributed by atoms with Gasteiger partial charge in [-0.3, -0.25) is 9.89 Å². The Morgan fingerprint density at radius 1 is 1.31 bits per heavy atom. The first kappa shape index (κ1) is 23.9. The SMILES string of the molecule is CCNC(=NCC1CN(CC(C)C)CCO1)NCCCOCC1CC1.I. The fourth-order valence-electron chi connectivity index (χ4n) is 3.02. The van der Waals surface area contributed by atoms with Gasteiger partial charge in [0.15, 0.2) is 5.96 Å². The molecule has 0 aromatic heterocycles. The second-order valence-electron chi connectivity index (χ2n) is 7.66. The van der Waals surface area contributed by atoms with Gasteiger partial charge in [-0.1, -0.05) is 13.8 Å². The van der Waals surface area contributed by atoms with E-state index >= 15 is 0 Å². The summed E-state index contributed by atoms with van der Waals surface area (Å²) in [6, 6.07) is 0. The van der Waals surface area contributed by atoms with E-state index in [0.29, 0.717) is 12.5 Å². The van der Waals surface area contributed by atoms with Gasteiger partial charge in [0.1, 0.15) is 0 Å². The van der Waals surface area contributed by atoms with Gasteiger partial charge in [-0.05, 0) is 38.0 Å². The monoisotopic (exact) mass is 482 g/mol. The Hall–Kier alpha value is -0.120. The highest BCUT2D eigenvalue weighted by Gasteiger charge is 2.21. The van der Waals surface area contributed by atoms with Gasteiger partial charge >= 0.3 is 0 Å². The number of nitrogens with zero attached hydrogens (tertiary/aromatic N) is 2. The van der Waals surface area contributed by atoms with Crippen LogP contribution in [-0.2, 0) is 9.47 Å². The van der Waals surface area contributed by atoms with Gasteiger partial charge in [-0.25, -0.2) is 0 Å². The maximum Gasteiger partial charge on any atom is 0.191 e. The summed E-state index contributed by atoms with van der Waals surface area (Å²) in [4.78, 5) is 7.20. The Morgan fingerprint density at radius 2 is 2.12 bits per heavy atom. The van der Waals surface area contributed by atoms with Gasteiger partial charge in [-0.2, -0.15) is 0 Å². The van der Waals surface area contributed by atoms with Crippen molar-refractivity contribution < 1.29 is 9.47 Å². The van der Waals surface area contributed by atoms with Crippen LogP contribution in [0.2, 0.25) is 0 Å². The van der Waals surface area contributed by atoms with E-state index < -0.39 is 0 Å². The van der Waals surface area contributed by atoms with Crippen molar-refractivity contribution in [3.63, 3.8) is 0 Å². The maximum absolute atomic E-state index is 5.88. The molecule has 0 spiro atoms. The largest absolute Gasteiger partial charge is 0.381 e. The standard InChI is InChI=1S/C19H38N4O2.HI/c1-4-20-19(21-8-5-10-24-15-17-6-7-17)22-12-18-14-23(9-11-25-18)13-16(2)3;/h16-18H,4-15H2,1-3H3,(H2,20,21,22);1H.